The van der Waals surface area contributed by atoms with E-state index >= 15 is 0 Å². The summed E-state index contributed by atoms with van der Waals surface area (Å²) in [5.74, 6) is -1.60. The number of hydrogen-bond donors (Lipinski definition) is 3. The Kier molecular flexibility index (Phi) is 3.48. The van der Waals surface area contributed by atoms with Crippen LogP contribution in [0.1, 0.15) is 37.3 Å². The van der Waals surface area contributed by atoms with Crippen molar-refractivity contribution in [3.05, 3.63) is 35.4 Å². The van der Waals surface area contributed by atoms with Crippen molar-refractivity contribution in [2.45, 2.75) is 43.6 Å². The van der Waals surface area contributed by atoms with Gasteiger partial charge in [0.1, 0.15) is 0 Å². The quantitative estimate of drug-likeness (QED) is 0.781. The fourth-order valence-corrected chi connectivity index (χ4v) is 3.63. The Morgan fingerprint density at radius 2 is 2.14 bits per heavy atom. The first kappa shape index (κ1) is 15.0. The predicted octanol–water partition coefficient (Wildman–Crippen LogP) is 1.23. The molecule has 1 amide bonds. The normalized spacial score (nSPS) is 28.5. The average Bonchev–Trinajstić information content (AvgIpc) is 3.20. The number of carbonyl (C=O) groups is 2. The number of aliphatic carboxylic acids is 1. The molecule has 118 valence electrons. The number of amides is 1. The van der Waals surface area contributed by atoms with Crippen molar-refractivity contribution in [3.8, 4) is 0 Å². The lowest BCUT2D eigenvalue weighted by atomic mass is 9.78. The molecule has 3 rings (SSSR count). The summed E-state index contributed by atoms with van der Waals surface area (Å²) < 4.78 is 0. The van der Waals surface area contributed by atoms with Crippen LogP contribution in [0.4, 0.5) is 0 Å². The van der Waals surface area contributed by atoms with Gasteiger partial charge in [-0.25, -0.2) is 4.79 Å². The van der Waals surface area contributed by atoms with Gasteiger partial charge in [0, 0.05) is 11.3 Å². The fourth-order valence-electron chi connectivity index (χ4n) is 3.63. The number of aliphatic hydroxyl groups is 1. The summed E-state index contributed by atoms with van der Waals surface area (Å²) in [6.45, 7) is 0.920. The van der Waals surface area contributed by atoms with Crippen LogP contribution < -0.4 is 5.32 Å². The molecular weight excluding hydrogens is 282 g/mol. The Hall–Kier alpha value is -1.88. The molecule has 2 aliphatic rings. The van der Waals surface area contributed by atoms with Gasteiger partial charge in [0.05, 0.1) is 6.54 Å². The Balaban J connectivity index is 1.70. The van der Waals surface area contributed by atoms with E-state index in [-0.39, 0.29) is 23.8 Å². The number of hydrogen-bond acceptors (Lipinski definition) is 3. The molecule has 0 bridgehead atoms. The van der Waals surface area contributed by atoms with Gasteiger partial charge in [0.2, 0.25) is 5.91 Å². The topological polar surface area (TPSA) is 86.6 Å². The monoisotopic (exact) mass is 303 g/mol. The van der Waals surface area contributed by atoms with Gasteiger partial charge < -0.3 is 15.5 Å². The molecule has 1 saturated carbocycles. The number of carbonyl (C=O) groups excluding carboxylic acids is 1. The molecule has 1 aromatic carbocycles. The van der Waals surface area contributed by atoms with Crippen molar-refractivity contribution in [2.24, 2.45) is 5.92 Å². The van der Waals surface area contributed by atoms with Gasteiger partial charge >= 0.3 is 5.97 Å². The molecule has 0 radical (unpaired) electrons. The Morgan fingerprint density at radius 1 is 1.41 bits per heavy atom. The summed E-state index contributed by atoms with van der Waals surface area (Å²) in [5.41, 5.74) is 0.587. The maximum absolute atomic E-state index is 12.3. The first-order chi connectivity index (χ1) is 10.4. The van der Waals surface area contributed by atoms with Crippen LogP contribution in [-0.4, -0.2) is 34.2 Å². The lowest BCUT2D eigenvalue weighted by Crippen LogP contribution is -2.47. The first-order valence-electron chi connectivity index (χ1n) is 7.69. The molecule has 2 aliphatic carbocycles. The molecule has 0 aromatic heterocycles. The van der Waals surface area contributed by atoms with Crippen LogP contribution >= 0.6 is 0 Å². The lowest BCUT2D eigenvalue weighted by Gasteiger charge is -2.26. The van der Waals surface area contributed by atoms with Crippen molar-refractivity contribution in [1.29, 1.82) is 0 Å². The molecular formula is C17H21NO4. The van der Waals surface area contributed by atoms with Crippen molar-refractivity contribution in [2.75, 3.05) is 6.54 Å². The lowest BCUT2D eigenvalue weighted by molar-refractivity contribution is -0.156. The molecule has 0 heterocycles. The van der Waals surface area contributed by atoms with Crippen LogP contribution in [0.25, 0.3) is 0 Å². The van der Waals surface area contributed by atoms with E-state index in [0.717, 1.165) is 25.7 Å². The van der Waals surface area contributed by atoms with E-state index in [9.17, 15) is 14.7 Å². The van der Waals surface area contributed by atoms with Crippen molar-refractivity contribution in [3.63, 3.8) is 0 Å². The van der Waals surface area contributed by atoms with Crippen LogP contribution in [0.5, 0.6) is 0 Å². The minimum atomic E-state index is -1.93. The Morgan fingerprint density at radius 3 is 2.86 bits per heavy atom. The predicted molar refractivity (Wildman–Crippen MR) is 80.4 cm³/mol. The third kappa shape index (κ3) is 2.39. The number of carboxylic acid groups (broad SMARTS) is 1. The number of fused-ring (bicyclic) bond motifs is 2. The highest BCUT2D eigenvalue weighted by molar-refractivity contribution is 5.86. The van der Waals surface area contributed by atoms with E-state index < -0.39 is 11.6 Å². The average molecular weight is 303 g/mol. The van der Waals surface area contributed by atoms with Crippen molar-refractivity contribution in [1.82, 2.24) is 5.32 Å². The molecule has 22 heavy (non-hydrogen) atoms. The second-order valence-corrected chi connectivity index (χ2v) is 6.72. The van der Waals surface area contributed by atoms with Crippen LogP contribution in [0, 0.1) is 5.92 Å². The Labute approximate surface area is 129 Å². The van der Waals surface area contributed by atoms with Gasteiger partial charge in [0.25, 0.3) is 0 Å². The molecule has 1 spiro atoms. The zero-order valence-corrected chi connectivity index (χ0v) is 12.6. The maximum atomic E-state index is 12.3. The van der Waals surface area contributed by atoms with Gasteiger partial charge in [-0.1, -0.05) is 24.3 Å². The van der Waals surface area contributed by atoms with E-state index in [1.54, 1.807) is 0 Å². The second-order valence-electron chi connectivity index (χ2n) is 6.72. The number of benzene rings is 1. The number of nitrogens with one attached hydrogen (secondary N) is 1. The van der Waals surface area contributed by atoms with Gasteiger partial charge in [-0.15, -0.1) is 0 Å². The van der Waals surface area contributed by atoms with Crippen LogP contribution in [-0.2, 0) is 21.4 Å². The van der Waals surface area contributed by atoms with Gasteiger partial charge in [-0.2, -0.15) is 0 Å². The molecule has 3 N–H and O–H groups in total. The highest BCUT2D eigenvalue weighted by atomic mass is 16.4. The standard InChI is InChI=1S/C17H21NO4/c1-16(22,15(20)21)10-18-14(19)13-9-17(13)8-4-6-11-5-2-3-7-12(11)17/h2-3,5,7,13,22H,4,6,8-10H2,1H3,(H,18,19)(H,20,21). The molecule has 3 atom stereocenters. The van der Waals surface area contributed by atoms with Gasteiger partial charge in [0.15, 0.2) is 5.60 Å². The minimum absolute atomic E-state index is 0.0754. The molecule has 5 heteroatoms. The van der Waals surface area contributed by atoms with Crippen LogP contribution in [0.15, 0.2) is 24.3 Å². The summed E-state index contributed by atoms with van der Waals surface area (Å²) >= 11 is 0. The van der Waals surface area contributed by atoms with Crippen molar-refractivity contribution >= 4 is 11.9 Å². The highest BCUT2D eigenvalue weighted by Gasteiger charge is 2.60. The third-order valence-electron chi connectivity index (χ3n) is 5.08. The zero-order chi connectivity index (χ0) is 16.0. The van der Waals surface area contributed by atoms with Gasteiger partial charge in [-0.3, -0.25) is 4.79 Å². The van der Waals surface area contributed by atoms with Crippen LogP contribution in [0.3, 0.4) is 0 Å². The Bertz CT molecular complexity index is 625. The van der Waals surface area contributed by atoms with E-state index in [2.05, 4.69) is 17.4 Å². The molecule has 1 aromatic rings. The summed E-state index contributed by atoms with van der Waals surface area (Å²) in [7, 11) is 0. The summed E-state index contributed by atoms with van der Waals surface area (Å²) in [5, 5.41) is 21.2. The highest BCUT2D eigenvalue weighted by Crippen LogP contribution is 2.60. The molecule has 0 aliphatic heterocycles. The maximum Gasteiger partial charge on any atom is 0.337 e. The van der Waals surface area contributed by atoms with E-state index in [4.69, 9.17) is 5.11 Å². The first-order valence-corrected chi connectivity index (χ1v) is 7.69. The van der Waals surface area contributed by atoms with E-state index in [1.807, 2.05) is 12.1 Å². The smallest absolute Gasteiger partial charge is 0.337 e. The molecule has 1 fully saturated rings. The summed E-state index contributed by atoms with van der Waals surface area (Å²) in [6, 6.07) is 8.27. The fraction of sp³-hybridized carbons (Fsp3) is 0.529. The number of rotatable bonds is 4. The van der Waals surface area contributed by atoms with Crippen LogP contribution in [0.2, 0.25) is 0 Å². The SMILES string of the molecule is CC(O)(CNC(=O)C1CC12CCCc1ccccc12)C(=O)O. The second kappa shape index (κ2) is 5.09. The number of carboxylic acids is 1. The largest absolute Gasteiger partial charge is 0.479 e. The van der Waals surface area contributed by atoms with Gasteiger partial charge in [-0.05, 0) is 43.7 Å². The summed E-state index contributed by atoms with van der Waals surface area (Å²) in [6.07, 6.45) is 3.94. The molecule has 5 nitrogen and oxygen atoms in total. The molecule has 0 saturated heterocycles. The third-order valence-corrected chi connectivity index (χ3v) is 5.08. The number of aryl methyl sites for hydroxylation is 1. The molecule has 3 unspecified atom stereocenters. The van der Waals surface area contributed by atoms with E-state index in [0.29, 0.717) is 0 Å². The summed E-state index contributed by atoms with van der Waals surface area (Å²) in [4.78, 5) is 23.2. The minimum Gasteiger partial charge on any atom is -0.479 e. The zero-order valence-electron chi connectivity index (χ0n) is 12.6. The van der Waals surface area contributed by atoms with E-state index in [1.165, 1.54) is 18.1 Å². The van der Waals surface area contributed by atoms with Crippen molar-refractivity contribution < 1.29 is 19.8 Å².